The summed E-state index contributed by atoms with van der Waals surface area (Å²) in [6, 6.07) is 0. The molecule has 0 heterocycles. The minimum Gasteiger partial charge on any atom is -0.308 e. The van der Waals surface area contributed by atoms with Crippen molar-refractivity contribution in [2.75, 3.05) is 33.7 Å². The largest absolute Gasteiger partial charge is 0.308 e. The van der Waals surface area contributed by atoms with E-state index in [9.17, 15) is 0 Å². The predicted molar refractivity (Wildman–Crippen MR) is 40.2 cm³/mol. The van der Waals surface area contributed by atoms with E-state index in [-0.39, 0.29) is 0 Å². The zero-order valence-corrected chi connectivity index (χ0v) is 6.57. The molecule has 0 bridgehead atoms. The molecule has 0 aliphatic carbocycles. The first kappa shape index (κ1) is 8.88. The van der Waals surface area contributed by atoms with Gasteiger partial charge in [-0.05, 0) is 14.1 Å². The van der Waals surface area contributed by atoms with Crippen molar-refractivity contribution in [1.29, 1.82) is 0 Å². The molecule has 0 spiro atoms. The Labute approximate surface area is 57.4 Å². The van der Waals surface area contributed by atoms with Gasteiger partial charge < -0.3 is 4.90 Å². The van der Waals surface area contributed by atoms with Crippen molar-refractivity contribution < 1.29 is 0 Å². The molecule has 0 aliphatic rings. The van der Waals surface area contributed by atoms with Crippen molar-refractivity contribution in [3.8, 4) is 0 Å². The zero-order chi connectivity index (χ0) is 7.11. The molecule has 0 saturated heterocycles. The van der Waals surface area contributed by atoms with E-state index in [1.54, 1.807) is 0 Å². The van der Waals surface area contributed by atoms with Crippen LogP contribution >= 0.6 is 0 Å². The van der Waals surface area contributed by atoms with Crippen LogP contribution < -0.4 is 10.9 Å². The van der Waals surface area contributed by atoms with Crippen LogP contribution in [0.5, 0.6) is 0 Å². The number of hydrogen-bond acceptors (Lipinski definition) is 3. The molecule has 2 N–H and O–H groups in total. The molecule has 3 nitrogen and oxygen atoms in total. The van der Waals surface area contributed by atoms with Crippen LogP contribution in [0.3, 0.4) is 0 Å². The number of likely N-dealkylation sites (N-methyl/N-ethyl adjacent to an activating group) is 1. The van der Waals surface area contributed by atoms with Crippen molar-refractivity contribution in [3.05, 3.63) is 0 Å². The number of nitrogens with one attached hydrogen (secondary N) is 2. The topological polar surface area (TPSA) is 27.3 Å². The van der Waals surface area contributed by atoms with Crippen LogP contribution in [0.15, 0.2) is 0 Å². The monoisotopic (exact) mass is 131 g/mol. The maximum Gasteiger partial charge on any atom is 0.0227 e. The van der Waals surface area contributed by atoms with Gasteiger partial charge >= 0.3 is 0 Å². The zero-order valence-electron chi connectivity index (χ0n) is 6.57. The summed E-state index contributed by atoms with van der Waals surface area (Å²) < 4.78 is 0. The van der Waals surface area contributed by atoms with Crippen molar-refractivity contribution in [2.24, 2.45) is 0 Å². The van der Waals surface area contributed by atoms with E-state index >= 15 is 0 Å². The molecular formula is C6H17N3. The normalized spacial score (nSPS) is 10.7. The van der Waals surface area contributed by atoms with Gasteiger partial charge in [0.15, 0.2) is 0 Å². The summed E-state index contributed by atoms with van der Waals surface area (Å²) in [5.74, 6) is 0. The summed E-state index contributed by atoms with van der Waals surface area (Å²) in [4.78, 5) is 2.14. The summed E-state index contributed by atoms with van der Waals surface area (Å²) in [6.07, 6.45) is 0. The highest BCUT2D eigenvalue weighted by Crippen LogP contribution is 1.67. The van der Waals surface area contributed by atoms with Crippen LogP contribution in [0.25, 0.3) is 0 Å². The highest BCUT2D eigenvalue weighted by Gasteiger charge is 1.85. The van der Waals surface area contributed by atoms with E-state index in [2.05, 4.69) is 36.8 Å². The molecule has 0 saturated carbocycles. The molecule has 0 amide bonds. The third-order valence-corrected chi connectivity index (χ3v) is 0.986. The Morgan fingerprint density at radius 2 is 1.89 bits per heavy atom. The fourth-order valence-electron chi connectivity index (χ4n) is 0.493. The Balaban J connectivity index is 2.75. The third-order valence-electron chi connectivity index (χ3n) is 0.986. The second-order valence-corrected chi connectivity index (χ2v) is 2.26. The fraction of sp³-hybridized carbons (Fsp3) is 1.00. The van der Waals surface area contributed by atoms with E-state index in [1.165, 1.54) is 0 Å². The SMILES string of the molecule is CCNNCCN(C)C. The molecule has 0 atom stereocenters. The summed E-state index contributed by atoms with van der Waals surface area (Å²) >= 11 is 0. The first-order valence-electron chi connectivity index (χ1n) is 3.37. The van der Waals surface area contributed by atoms with Gasteiger partial charge in [0.05, 0.1) is 0 Å². The summed E-state index contributed by atoms with van der Waals surface area (Å²) in [7, 11) is 4.13. The Morgan fingerprint density at radius 3 is 2.33 bits per heavy atom. The first-order valence-corrected chi connectivity index (χ1v) is 3.37. The predicted octanol–water partition coefficient (Wildman–Crippen LogP) is -0.338. The number of rotatable bonds is 5. The van der Waals surface area contributed by atoms with Gasteiger partial charge in [-0.2, -0.15) is 0 Å². The summed E-state index contributed by atoms with van der Waals surface area (Å²) in [6.45, 7) is 5.13. The Bertz CT molecular complexity index is 54.3. The maximum absolute atomic E-state index is 3.07. The molecule has 0 aromatic heterocycles. The van der Waals surface area contributed by atoms with E-state index in [0.717, 1.165) is 19.6 Å². The maximum atomic E-state index is 3.07. The van der Waals surface area contributed by atoms with E-state index in [4.69, 9.17) is 0 Å². The second-order valence-electron chi connectivity index (χ2n) is 2.26. The highest BCUT2D eigenvalue weighted by atomic mass is 15.4. The van der Waals surface area contributed by atoms with Crippen molar-refractivity contribution >= 4 is 0 Å². The average Bonchev–Trinajstić information content (AvgIpc) is 1.80. The van der Waals surface area contributed by atoms with Gasteiger partial charge in [0.2, 0.25) is 0 Å². The number of hydrazine groups is 1. The fourth-order valence-corrected chi connectivity index (χ4v) is 0.493. The quantitative estimate of drug-likeness (QED) is 0.395. The second kappa shape index (κ2) is 6.01. The van der Waals surface area contributed by atoms with Gasteiger partial charge in [0.25, 0.3) is 0 Å². The van der Waals surface area contributed by atoms with Gasteiger partial charge in [0.1, 0.15) is 0 Å². The van der Waals surface area contributed by atoms with Crippen LogP contribution in [-0.2, 0) is 0 Å². The molecule has 9 heavy (non-hydrogen) atoms. The summed E-state index contributed by atoms with van der Waals surface area (Å²) in [5.41, 5.74) is 6.10. The average molecular weight is 131 g/mol. The lowest BCUT2D eigenvalue weighted by Gasteiger charge is -2.09. The minimum atomic E-state index is 0.980. The van der Waals surface area contributed by atoms with Crippen LogP contribution in [0.1, 0.15) is 6.92 Å². The molecule has 56 valence electrons. The van der Waals surface area contributed by atoms with E-state index in [0.29, 0.717) is 0 Å². The van der Waals surface area contributed by atoms with Gasteiger partial charge in [-0.15, -0.1) is 0 Å². The van der Waals surface area contributed by atoms with Crippen LogP contribution in [0.4, 0.5) is 0 Å². The van der Waals surface area contributed by atoms with Crippen molar-refractivity contribution in [2.45, 2.75) is 6.92 Å². The third kappa shape index (κ3) is 7.88. The Kier molecular flexibility index (Phi) is 5.93. The molecule has 0 rings (SSSR count). The molecule has 0 fully saturated rings. The molecule has 0 aromatic carbocycles. The van der Waals surface area contributed by atoms with Crippen molar-refractivity contribution in [3.63, 3.8) is 0 Å². The molecule has 0 aromatic rings. The summed E-state index contributed by atoms with van der Waals surface area (Å²) in [5, 5.41) is 0. The standard InChI is InChI=1S/C6H17N3/c1-4-7-8-5-6-9(2)3/h7-8H,4-6H2,1-3H3. The van der Waals surface area contributed by atoms with Gasteiger partial charge in [-0.3, -0.25) is 10.9 Å². The molecule has 0 unspecified atom stereocenters. The van der Waals surface area contributed by atoms with Gasteiger partial charge in [-0.1, -0.05) is 6.92 Å². The number of hydrogen-bond donors (Lipinski definition) is 2. The van der Waals surface area contributed by atoms with E-state index < -0.39 is 0 Å². The highest BCUT2D eigenvalue weighted by molar-refractivity contribution is 4.44. The van der Waals surface area contributed by atoms with E-state index in [1.807, 2.05) is 0 Å². The van der Waals surface area contributed by atoms with Crippen LogP contribution in [-0.4, -0.2) is 38.6 Å². The Hall–Kier alpha value is -0.120. The minimum absolute atomic E-state index is 0.980. The molecule has 0 aliphatic heterocycles. The molecule has 3 heteroatoms. The Morgan fingerprint density at radius 1 is 1.22 bits per heavy atom. The van der Waals surface area contributed by atoms with Crippen LogP contribution in [0.2, 0.25) is 0 Å². The first-order chi connectivity index (χ1) is 4.27. The number of nitrogens with zero attached hydrogens (tertiary/aromatic N) is 1. The van der Waals surface area contributed by atoms with Crippen molar-refractivity contribution in [1.82, 2.24) is 15.8 Å². The van der Waals surface area contributed by atoms with Gasteiger partial charge in [0, 0.05) is 19.6 Å². The lowest BCUT2D eigenvalue weighted by atomic mass is 10.6. The molecule has 0 radical (unpaired) electrons. The van der Waals surface area contributed by atoms with Gasteiger partial charge in [-0.25, -0.2) is 0 Å². The van der Waals surface area contributed by atoms with Crippen LogP contribution in [0, 0.1) is 0 Å². The lowest BCUT2D eigenvalue weighted by molar-refractivity contribution is 0.385. The lowest BCUT2D eigenvalue weighted by Crippen LogP contribution is -2.36. The molecular weight excluding hydrogens is 114 g/mol. The smallest absolute Gasteiger partial charge is 0.0227 e.